The first-order valence-corrected chi connectivity index (χ1v) is 8.36. The molecule has 1 aromatic rings. The molecule has 0 bridgehead atoms. The van der Waals surface area contributed by atoms with Gasteiger partial charge in [-0.2, -0.15) is 0 Å². The Labute approximate surface area is 122 Å². The van der Waals surface area contributed by atoms with Crippen LogP contribution in [-0.4, -0.2) is 40.6 Å². The van der Waals surface area contributed by atoms with Gasteiger partial charge in [0.15, 0.2) is 0 Å². The van der Waals surface area contributed by atoms with Crippen LogP contribution in [0.3, 0.4) is 0 Å². The summed E-state index contributed by atoms with van der Waals surface area (Å²) in [6.07, 6.45) is 12.1. The molecule has 112 valence electrons. The van der Waals surface area contributed by atoms with Crippen molar-refractivity contribution in [3.63, 3.8) is 0 Å². The summed E-state index contributed by atoms with van der Waals surface area (Å²) in [5, 5.41) is 3.61. The van der Waals surface area contributed by atoms with Gasteiger partial charge in [0, 0.05) is 25.0 Å². The lowest BCUT2D eigenvalue weighted by Gasteiger charge is -2.31. The third-order valence-electron chi connectivity index (χ3n) is 5.09. The maximum Gasteiger partial charge on any atom is 0.203 e. The fourth-order valence-electron chi connectivity index (χ4n) is 3.67. The minimum Gasteiger partial charge on any atom is -0.355 e. The molecule has 1 aromatic heterocycles. The van der Waals surface area contributed by atoms with Crippen LogP contribution in [0.2, 0.25) is 0 Å². The second kappa shape index (κ2) is 6.61. The zero-order chi connectivity index (χ0) is 13.8. The fraction of sp³-hybridized carbons (Fsp3) is 0.812. The Morgan fingerprint density at radius 3 is 2.65 bits per heavy atom. The molecule has 3 rings (SSSR count). The highest BCUT2D eigenvalue weighted by atomic mass is 15.2. The number of nitrogens with zero attached hydrogens (tertiary/aromatic N) is 3. The largest absolute Gasteiger partial charge is 0.355 e. The zero-order valence-corrected chi connectivity index (χ0v) is 12.7. The van der Waals surface area contributed by atoms with Gasteiger partial charge < -0.3 is 14.8 Å². The first-order valence-electron chi connectivity index (χ1n) is 8.36. The van der Waals surface area contributed by atoms with Gasteiger partial charge in [-0.25, -0.2) is 4.98 Å². The van der Waals surface area contributed by atoms with Crippen molar-refractivity contribution >= 4 is 5.95 Å². The summed E-state index contributed by atoms with van der Waals surface area (Å²) in [7, 11) is 0. The fourth-order valence-corrected chi connectivity index (χ4v) is 3.67. The van der Waals surface area contributed by atoms with Gasteiger partial charge in [0.1, 0.15) is 0 Å². The maximum absolute atomic E-state index is 4.52. The van der Waals surface area contributed by atoms with Crippen LogP contribution in [0, 0.1) is 5.92 Å². The van der Waals surface area contributed by atoms with E-state index in [1.54, 1.807) is 0 Å². The normalized spacial score (nSPS) is 22.4. The molecule has 0 atom stereocenters. The molecule has 0 unspecified atom stereocenters. The van der Waals surface area contributed by atoms with Crippen molar-refractivity contribution in [2.75, 3.05) is 31.5 Å². The van der Waals surface area contributed by atoms with Crippen molar-refractivity contribution in [2.45, 2.75) is 51.5 Å². The monoisotopic (exact) mass is 276 g/mol. The second-order valence-electron chi connectivity index (χ2n) is 6.35. The molecule has 0 radical (unpaired) electrons. The van der Waals surface area contributed by atoms with Crippen LogP contribution < -0.4 is 5.32 Å². The smallest absolute Gasteiger partial charge is 0.203 e. The van der Waals surface area contributed by atoms with Crippen LogP contribution in [0.1, 0.15) is 51.5 Å². The molecule has 20 heavy (non-hydrogen) atoms. The first-order chi connectivity index (χ1) is 9.86. The van der Waals surface area contributed by atoms with Crippen molar-refractivity contribution in [1.82, 2.24) is 14.5 Å². The van der Waals surface area contributed by atoms with E-state index in [2.05, 4.69) is 32.9 Å². The Morgan fingerprint density at radius 2 is 1.95 bits per heavy atom. The van der Waals surface area contributed by atoms with Gasteiger partial charge in [0.05, 0.1) is 0 Å². The van der Waals surface area contributed by atoms with Crippen LogP contribution in [0.25, 0.3) is 0 Å². The summed E-state index contributed by atoms with van der Waals surface area (Å²) >= 11 is 0. The first kappa shape index (κ1) is 13.9. The molecule has 4 heteroatoms. The summed E-state index contributed by atoms with van der Waals surface area (Å²) < 4.78 is 2.37. The van der Waals surface area contributed by atoms with Crippen molar-refractivity contribution < 1.29 is 0 Å². The molecule has 1 saturated heterocycles. The Morgan fingerprint density at radius 1 is 1.20 bits per heavy atom. The van der Waals surface area contributed by atoms with Gasteiger partial charge in [0.25, 0.3) is 0 Å². The standard InChI is InChI=1S/C16H28N4/c1-2-19-10-7-14(8-11-19)13-18-16-17-9-12-20(16)15-5-3-4-6-15/h9,12,14-15H,2-8,10-11,13H2,1H3,(H,17,18). The molecular weight excluding hydrogens is 248 g/mol. The highest BCUT2D eigenvalue weighted by Crippen LogP contribution is 2.31. The lowest BCUT2D eigenvalue weighted by Crippen LogP contribution is -2.35. The van der Waals surface area contributed by atoms with Crippen molar-refractivity contribution in [1.29, 1.82) is 0 Å². The Balaban J connectivity index is 1.50. The predicted octanol–water partition coefficient (Wildman–Crippen LogP) is 3.14. The summed E-state index contributed by atoms with van der Waals surface area (Å²) in [5.41, 5.74) is 0. The van der Waals surface area contributed by atoms with Crippen LogP contribution >= 0.6 is 0 Å². The quantitative estimate of drug-likeness (QED) is 0.897. The topological polar surface area (TPSA) is 33.1 Å². The van der Waals surface area contributed by atoms with Gasteiger partial charge >= 0.3 is 0 Å². The second-order valence-corrected chi connectivity index (χ2v) is 6.35. The zero-order valence-electron chi connectivity index (χ0n) is 12.7. The Hall–Kier alpha value is -1.03. The molecule has 0 spiro atoms. The molecule has 0 amide bonds. The highest BCUT2D eigenvalue weighted by Gasteiger charge is 2.21. The lowest BCUT2D eigenvalue weighted by molar-refractivity contribution is 0.198. The molecule has 2 heterocycles. The minimum absolute atomic E-state index is 0.682. The Kier molecular flexibility index (Phi) is 4.61. The van der Waals surface area contributed by atoms with Crippen LogP contribution in [0.15, 0.2) is 12.4 Å². The van der Waals surface area contributed by atoms with E-state index >= 15 is 0 Å². The number of hydrogen-bond acceptors (Lipinski definition) is 3. The van der Waals surface area contributed by atoms with E-state index in [0.29, 0.717) is 6.04 Å². The average molecular weight is 276 g/mol. The van der Waals surface area contributed by atoms with E-state index < -0.39 is 0 Å². The summed E-state index contributed by atoms with van der Waals surface area (Å²) in [6, 6.07) is 0.682. The molecule has 0 aromatic carbocycles. The molecule has 2 fully saturated rings. The molecule has 1 aliphatic heterocycles. The third kappa shape index (κ3) is 3.17. The number of aromatic nitrogens is 2. The van der Waals surface area contributed by atoms with Gasteiger partial charge in [0.2, 0.25) is 5.95 Å². The number of hydrogen-bond donors (Lipinski definition) is 1. The number of rotatable bonds is 5. The molecule has 4 nitrogen and oxygen atoms in total. The van der Waals surface area contributed by atoms with Gasteiger partial charge in [-0.05, 0) is 51.2 Å². The molecule has 1 saturated carbocycles. The van der Waals surface area contributed by atoms with E-state index in [1.807, 2.05) is 6.20 Å². The summed E-state index contributed by atoms with van der Waals surface area (Å²) in [5.74, 6) is 1.90. The highest BCUT2D eigenvalue weighted by molar-refractivity contribution is 5.27. The number of likely N-dealkylation sites (tertiary alicyclic amines) is 1. The third-order valence-corrected chi connectivity index (χ3v) is 5.09. The van der Waals surface area contributed by atoms with E-state index in [-0.39, 0.29) is 0 Å². The van der Waals surface area contributed by atoms with Crippen LogP contribution in [0.4, 0.5) is 5.95 Å². The van der Waals surface area contributed by atoms with Crippen molar-refractivity contribution in [3.8, 4) is 0 Å². The van der Waals surface area contributed by atoms with E-state index in [4.69, 9.17) is 0 Å². The molecule has 1 N–H and O–H groups in total. The van der Waals surface area contributed by atoms with Crippen LogP contribution in [0.5, 0.6) is 0 Å². The summed E-state index contributed by atoms with van der Waals surface area (Å²) in [6.45, 7) is 7.07. The summed E-state index contributed by atoms with van der Waals surface area (Å²) in [4.78, 5) is 7.07. The Bertz CT molecular complexity index is 400. The van der Waals surface area contributed by atoms with Gasteiger partial charge in [-0.3, -0.25) is 0 Å². The number of nitrogens with one attached hydrogen (secondary N) is 1. The van der Waals surface area contributed by atoms with Crippen molar-refractivity contribution in [3.05, 3.63) is 12.4 Å². The number of anilines is 1. The molecular formula is C16H28N4. The SMILES string of the molecule is CCN1CCC(CNc2nccn2C2CCCC2)CC1. The lowest BCUT2D eigenvalue weighted by atomic mass is 9.97. The number of piperidine rings is 1. The van der Waals surface area contributed by atoms with E-state index in [9.17, 15) is 0 Å². The predicted molar refractivity (Wildman–Crippen MR) is 83.1 cm³/mol. The minimum atomic E-state index is 0.682. The van der Waals surface area contributed by atoms with Gasteiger partial charge in [-0.15, -0.1) is 0 Å². The van der Waals surface area contributed by atoms with E-state index in [0.717, 1.165) is 18.4 Å². The van der Waals surface area contributed by atoms with Crippen LogP contribution in [-0.2, 0) is 0 Å². The van der Waals surface area contributed by atoms with Crippen molar-refractivity contribution in [2.24, 2.45) is 5.92 Å². The van der Waals surface area contributed by atoms with Gasteiger partial charge in [-0.1, -0.05) is 19.8 Å². The molecule has 2 aliphatic rings. The maximum atomic E-state index is 4.52. The van der Waals surface area contributed by atoms with E-state index in [1.165, 1.54) is 58.2 Å². The number of imidazole rings is 1. The average Bonchev–Trinajstić information content (AvgIpc) is 3.16. The molecule has 1 aliphatic carbocycles.